The number of rotatable bonds is 4. The predicted octanol–water partition coefficient (Wildman–Crippen LogP) is 2.87. The molecule has 1 amide bonds. The molecule has 1 aromatic rings. The number of piperidine rings is 1. The van der Waals surface area contributed by atoms with Gasteiger partial charge in [0.2, 0.25) is 0 Å². The van der Waals surface area contributed by atoms with E-state index in [-0.39, 0.29) is 5.92 Å². The lowest BCUT2D eigenvalue weighted by Gasteiger charge is -2.30. The number of halogens is 3. The molecule has 0 saturated carbocycles. The number of carbonyl (C=O) groups excluding carboxylic acids is 1. The molecular formula is C19H23F3N2O3. The standard InChI is InChI=1S/C19H23F3N2O3/c1-12-10-15-11-13(2-3-16(15)24(12)18(27)19(20,21)22)4-7-23-8-5-14(6-9-23)17(25)26/h2-3,11-12,14H,4-10H2,1H3,(H,25,26). The van der Waals surface area contributed by atoms with Crippen molar-refractivity contribution >= 4 is 17.6 Å². The Hall–Kier alpha value is -2.09. The molecular weight excluding hydrogens is 361 g/mol. The molecule has 3 rings (SSSR count). The number of carbonyl (C=O) groups is 2. The summed E-state index contributed by atoms with van der Waals surface area (Å²) in [5.41, 5.74) is 2.13. The van der Waals surface area contributed by atoms with Crippen molar-refractivity contribution < 1.29 is 27.9 Å². The zero-order valence-electron chi connectivity index (χ0n) is 15.1. The van der Waals surface area contributed by atoms with Gasteiger partial charge in [-0.25, -0.2) is 0 Å². The van der Waals surface area contributed by atoms with Crippen molar-refractivity contribution in [2.45, 2.75) is 44.8 Å². The number of hydrogen-bond donors (Lipinski definition) is 1. The van der Waals surface area contributed by atoms with Crippen molar-refractivity contribution in [1.82, 2.24) is 4.90 Å². The van der Waals surface area contributed by atoms with Crippen molar-refractivity contribution in [1.29, 1.82) is 0 Å². The molecule has 1 atom stereocenters. The van der Waals surface area contributed by atoms with Crippen LogP contribution in [0.3, 0.4) is 0 Å². The van der Waals surface area contributed by atoms with Gasteiger partial charge in [0.1, 0.15) is 0 Å². The van der Waals surface area contributed by atoms with E-state index in [2.05, 4.69) is 4.90 Å². The maximum absolute atomic E-state index is 12.8. The van der Waals surface area contributed by atoms with E-state index in [0.29, 0.717) is 24.9 Å². The van der Waals surface area contributed by atoms with Crippen LogP contribution in [0.25, 0.3) is 0 Å². The van der Waals surface area contributed by atoms with Crippen LogP contribution in [0.2, 0.25) is 0 Å². The van der Waals surface area contributed by atoms with Crippen LogP contribution in [-0.4, -0.2) is 53.7 Å². The molecule has 1 aromatic carbocycles. The summed E-state index contributed by atoms with van der Waals surface area (Å²) >= 11 is 0. The van der Waals surface area contributed by atoms with Crippen molar-refractivity contribution in [3.05, 3.63) is 29.3 Å². The van der Waals surface area contributed by atoms with E-state index >= 15 is 0 Å². The van der Waals surface area contributed by atoms with Gasteiger partial charge in [0.05, 0.1) is 5.92 Å². The van der Waals surface area contributed by atoms with Crippen molar-refractivity contribution in [2.75, 3.05) is 24.5 Å². The van der Waals surface area contributed by atoms with Crippen molar-refractivity contribution in [2.24, 2.45) is 5.92 Å². The molecule has 1 unspecified atom stereocenters. The van der Waals surface area contributed by atoms with Crippen LogP contribution in [0.5, 0.6) is 0 Å². The summed E-state index contributed by atoms with van der Waals surface area (Å²) in [6, 6.07) is 4.75. The van der Waals surface area contributed by atoms with Crippen LogP contribution in [-0.2, 0) is 22.4 Å². The van der Waals surface area contributed by atoms with Crippen LogP contribution in [0.15, 0.2) is 18.2 Å². The molecule has 8 heteroatoms. The monoisotopic (exact) mass is 384 g/mol. The molecule has 2 aliphatic heterocycles. The fourth-order valence-electron chi connectivity index (χ4n) is 3.98. The molecule has 2 aliphatic rings. The summed E-state index contributed by atoms with van der Waals surface area (Å²) < 4.78 is 38.5. The summed E-state index contributed by atoms with van der Waals surface area (Å²) in [6.07, 6.45) is -2.44. The van der Waals surface area contributed by atoms with Gasteiger partial charge in [-0.3, -0.25) is 9.59 Å². The van der Waals surface area contributed by atoms with Crippen LogP contribution in [0.1, 0.15) is 30.9 Å². The highest BCUT2D eigenvalue weighted by atomic mass is 19.4. The first-order chi connectivity index (χ1) is 12.7. The molecule has 0 spiro atoms. The van der Waals surface area contributed by atoms with Gasteiger partial charge >= 0.3 is 18.1 Å². The highest BCUT2D eigenvalue weighted by Crippen LogP contribution is 2.36. The first kappa shape index (κ1) is 19.7. The minimum absolute atomic E-state index is 0.264. The molecule has 0 bridgehead atoms. The van der Waals surface area contributed by atoms with E-state index in [1.54, 1.807) is 19.1 Å². The Bertz CT molecular complexity index is 727. The molecule has 0 aliphatic carbocycles. The third-order valence-corrected chi connectivity index (χ3v) is 5.47. The number of aliphatic carboxylic acids is 1. The fraction of sp³-hybridized carbons (Fsp3) is 0.579. The van der Waals surface area contributed by atoms with Gasteiger partial charge in [0.15, 0.2) is 0 Å². The van der Waals surface area contributed by atoms with E-state index in [4.69, 9.17) is 5.11 Å². The highest BCUT2D eigenvalue weighted by molar-refractivity contribution is 5.99. The molecule has 148 valence electrons. The second-order valence-electron chi connectivity index (χ2n) is 7.39. The fourth-order valence-corrected chi connectivity index (χ4v) is 3.98. The summed E-state index contributed by atoms with van der Waals surface area (Å²) in [6.45, 7) is 3.89. The third kappa shape index (κ3) is 4.26. The Labute approximate surface area is 155 Å². The second kappa shape index (κ2) is 7.50. The number of nitrogens with zero attached hydrogens (tertiary/aromatic N) is 2. The Morgan fingerprint density at radius 2 is 1.89 bits per heavy atom. The number of carboxylic acids is 1. The number of carboxylic acid groups (broad SMARTS) is 1. The third-order valence-electron chi connectivity index (χ3n) is 5.47. The lowest BCUT2D eigenvalue weighted by atomic mass is 9.96. The molecule has 5 nitrogen and oxygen atoms in total. The maximum atomic E-state index is 12.8. The van der Waals surface area contributed by atoms with Crippen LogP contribution >= 0.6 is 0 Å². The Morgan fingerprint density at radius 3 is 2.48 bits per heavy atom. The van der Waals surface area contributed by atoms with Crippen LogP contribution < -0.4 is 4.90 Å². The lowest BCUT2D eigenvalue weighted by Crippen LogP contribution is -2.44. The predicted molar refractivity (Wildman–Crippen MR) is 93.7 cm³/mol. The summed E-state index contributed by atoms with van der Waals surface area (Å²) in [5, 5.41) is 9.04. The van der Waals surface area contributed by atoms with Gasteiger partial charge in [-0.2, -0.15) is 13.2 Å². The summed E-state index contributed by atoms with van der Waals surface area (Å²) in [4.78, 5) is 25.7. The smallest absolute Gasteiger partial charge is 0.471 e. The maximum Gasteiger partial charge on any atom is 0.471 e. The van der Waals surface area contributed by atoms with Gasteiger partial charge in [0, 0.05) is 18.3 Å². The number of hydrogen-bond acceptors (Lipinski definition) is 3. The van der Waals surface area contributed by atoms with Crippen LogP contribution in [0, 0.1) is 5.92 Å². The zero-order valence-corrected chi connectivity index (χ0v) is 15.1. The molecule has 0 radical (unpaired) electrons. The zero-order chi connectivity index (χ0) is 19.8. The Morgan fingerprint density at radius 1 is 1.22 bits per heavy atom. The van der Waals surface area contributed by atoms with Gasteiger partial charge in [-0.1, -0.05) is 12.1 Å². The summed E-state index contributed by atoms with van der Waals surface area (Å²) in [5.74, 6) is -2.82. The molecule has 1 saturated heterocycles. The van der Waals surface area contributed by atoms with Crippen LogP contribution in [0.4, 0.5) is 18.9 Å². The van der Waals surface area contributed by atoms with Crippen molar-refractivity contribution in [3.8, 4) is 0 Å². The lowest BCUT2D eigenvalue weighted by molar-refractivity contribution is -0.170. The number of amides is 1. The van der Waals surface area contributed by atoms with E-state index in [0.717, 1.165) is 42.1 Å². The first-order valence-corrected chi connectivity index (χ1v) is 9.14. The topological polar surface area (TPSA) is 60.9 Å². The number of alkyl halides is 3. The Kier molecular flexibility index (Phi) is 5.46. The molecule has 27 heavy (non-hydrogen) atoms. The Balaban J connectivity index is 1.62. The normalized spacial score (nSPS) is 21.3. The molecule has 1 fully saturated rings. The SMILES string of the molecule is CC1Cc2cc(CCN3CCC(C(=O)O)CC3)ccc2N1C(=O)C(F)(F)F. The van der Waals surface area contributed by atoms with Gasteiger partial charge < -0.3 is 14.9 Å². The molecule has 2 heterocycles. The van der Waals surface area contributed by atoms with E-state index in [9.17, 15) is 22.8 Å². The van der Waals surface area contributed by atoms with E-state index < -0.39 is 24.1 Å². The summed E-state index contributed by atoms with van der Waals surface area (Å²) in [7, 11) is 0. The second-order valence-corrected chi connectivity index (χ2v) is 7.39. The van der Waals surface area contributed by atoms with Gasteiger partial charge in [0.25, 0.3) is 0 Å². The quantitative estimate of drug-likeness (QED) is 0.867. The van der Waals surface area contributed by atoms with Gasteiger partial charge in [-0.05, 0) is 62.9 Å². The van der Waals surface area contributed by atoms with E-state index in [1.807, 2.05) is 6.07 Å². The first-order valence-electron chi connectivity index (χ1n) is 9.14. The minimum atomic E-state index is -4.88. The minimum Gasteiger partial charge on any atom is -0.481 e. The number of fused-ring (bicyclic) bond motifs is 1. The number of likely N-dealkylation sites (tertiary alicyclic amines) is 1. The molecule has 1 N–H and O–H groups in total. The average Bonchev–Trinajstić information content (AvgIpc) is 2.93. The number of benzene rings is 1. The van der Waals surface area contributed by atoms with Crippen molar-refractivity contribution in [3.63, 3.8) is 0 Å². The highest BCUT2D eigenvalue weighted by Gasteiger charge is 2.46. The molecule has 0 aromatic heterocycles. The number of anilines is 1. The van der Waals surface area contributed by atoms with Gasteiger partial charge in [-0.15, -0.1) is 0 Å². The average molecular weight is 384 g/mol. The largest absolute Gasteiger partial charge is 0.481 e. The van der Waals surface area contributed by atoms with E-state index in [1.165, 1.54) is 0 Å².